The lowest BCUT2D eigenvalue weighted by Gasteiger charge is -2.12. The second-order valence-corrected chi connectivity index (χ2v) is 10.7. The highest BCUT2D eigenvalue weighted by Crippen LogP contribution is 2.29. The Bertz CT molecular complexity index is 1460. The molecule has 0 radical (unpaired) electrons. The summed E-state index contributed by atoms with van der Waals surface area (Å²) in [7, 11) is -2.08. The minimum atomic E-state index is -3.54. The number of unbranched alkanes of at least 4 members (excludes halogenated alkanes) is 1. The molecule has 9 nitrogen and oxygen atoms in total. The zero-order chi connectivity index (χ0) is 24.8. The van der Waals surface area contributed by atoms with E-state index in [4.69, 9.17) is 15.5 Å². The largest absolute Gasteiger partial charge is 0.384 e. The molecule has 0 bridgehead atoms. The molecule has 3 N–H and O–H groups in total. The molecule has 0 spiro atoms. The van der Waals surface area contributed by atoms with E-state index >= 15 is 0 Å². The molecule has 2 aromatic carbocycles. The monoisotopic (exact) mass is 513 g/mol. The van der Waals surface area contributed by atoms with Gasteiger partial charge in [-0.25, -0.2) is 23.1 Å². The number of pyridine rings is 1. The van der Waals surface area contributed by atoms with Crippen LogP contribution in [0.4, 0.5) is 5.82 Å². The van der Waals surface area contributed by atoms with Gasteiger partial charge in [0.25, 0.3) is 0 Å². The molecule has 184 valence electrons. The smallest absolute Gasteiger partial charge is 0.215 e. The van der Waals surface area contributed by atoms with Crippen molar-refractivity contribution in [2.75, 3.05) is 26.0 Å². The first kappa shape index (κ1) is 25.2. The average molecular weight is 514 g/mol. The molecule has 0 aliphatic heterocycles. The number of aryl methyl sites for hydroxylation is 1. The summed E-state index contributed by atoms with van der Waals surface area (Å²) >= 11 is 0. The van der Waals surface area contributed by atoms with Gasteiger partial charge in [-0.05, 0) is 30.5 Å². The Balaban J connectivity index is 1.46. The Labute approximate surface area is 206 Å². The highest BCUT2D eigenvalue weighted by Gasteiger charge is 2.17. The van der Waals surface area contributed by atoms with Gasteiger partial charge < -0.3 is 15.0 Å². The van der Waals surface area contributed by atoms with Crippen LogP contribution in [0.3, 0.4) is 0 Å². The van der Waals surface area contributed by atoms with Crippen molar-refractivity contribution in [3.8, 4) is 0 Å². The number of para-hydroxylation sites is 1. The van der Waals surface area contributed by atoms with Crippen LogP contribution in [-0.4, -0.2) is 43.2 Å². The van der Waals surface area contributed by atoms with Crippen LogP contribution in [0.1, 0.15) is 24.2 Å². The number of sulfonamides is 1. The SMILES string of the molecule is COCCc1nc2c(N)nc3ccccc3c2n1CCCCNS(=O)(=O)Cc1ccccc1P=O. The predicted octanol–water partition coefficient (Wildman–Crippen LogP) is 3.17. The van der Waals surface area contributed by atoms with E-state index in [2.05, 4.69) is 14.3 Å². The maximum Gasteiger partial charge on any atom is 0.215 e. The van der Waals surface area contributed by atoms with Crippen molar-refractivity contribution < 1.29 is 17.7 Å². The molecule has 35 heavy (non-hydrogen) atoms. The number of ether oxygens (including phenoxy) is 1. The molecular weight excluding hydrogens is 485 g/mol. The van der Waals surface area contributed by atoms with Crippen LogP contribution in [0, 0.1) is 0 Å². The summed E-state index contributed by atoms with van der Waals surface area (Å²) in [5.74, 6) is 1.05. The zero-order valence-corrected chi connectivity index (χ0v) is 21.2. The third kappa shape index (κ3) is 5.85. The van der Waals surface area contributed by atoms with Crippen molar-refractivity contribution in [2.24, 2.45) is 0 Å². The molecule has 0 aliphatic rings. The number of rotatable bonds is 12. The predicted molar refractivity (Wildman–Crippen MR) is 139 cm³/mol. The number of benzene rings is 2. The summed E-state index contributed by atoms with van der Waals surface area (Å²) in [6.45, 7) is 1.49. The summed E-state index contributed by atoms with van der Waals surface area (Å²) < 4.78 is 46.4. The quantitative estimate of drug-likeness (QED) is 0.220. The summed E-state index contributed by atoms with van der Waals surface area (Å²) in [6, 6.07) is 14.6. The van der Waals surface area contributed by atoms with E-state index in [1.165, 1.54) is 0 Å². The van der Waals surface area contributed by atoms with E-state index in [-0.39, 0.29) is 14.2 Å². The fourth-order valence-corrected chi connectivity index (χ4v) is 5.87. The topological polar surface area (TPSA) is 129 Å². The van der Waals surface area contributed by atoms with Gasteiger partial charge in [0.05, 0.1) is 23.4 Å². The van der Waals surface area contributed by atoms with Crippen LogP contribution in [0.25, 0.3) is 21.9 Å². The molecule has 11 heteroatoms. The van der Waals surface area contributed by atoms with E-state index in [0.29, 0.717) is 54.7 Å². The molecule has 0 saturated heterocycles. The van der Waals surface area contributed by atoms with Crippen LogP contribution in [0.5, 0.6) is 0 Å². The van der Waals surface area contributed by atoms with Gasteiger partial charge >= 0.3 is 0 Å². The summed E-state index contributed by atoms with van der Waals surface area (Å²) in [5.41, 5.74) is 9.18. The number of fused-ring (bicyclic) bond motifs is 3. The first-order valence-corrected chi connectivity index (χ1v) is 13.8. The summed E-state index contributed by atoms with van der Waals surface area (Å²) in [5, 5.41) is 1.46. The third-order valence-electron chi connectivity index (χ3n) is 5.79. The van der Waals surface area contributed by atoms with Gasteiger partial charge in [-0.3, -0.25) is 4.57 Å². The van der Waals surface area contributed by atoms with Crippen molar-refractivity contribution >= 4 is 51.5 Å². The van der Waals surface area contributed by atoms with Crippen molar-refractivity contribution in [3.63, 3.8) is 0 Å². The van der Waals surface area contributed by atoms with Gasteiger partial charge in [-0.15, -0.1) is 0 Å². The van der Waals surface area contributed by atoms with E-state index in [9.17, 15) is 13.0 Å². The lowest BCUT2D eigenvalue weighted by molar-refractivity contribution is 0.199. The fraction of sp³-hybridized carbons (Fsp3) is 0.333. The normalized spacial score (nSPS) is 12.1. The molecule has 0 unspecified atom stereocenters. The number of anilines is 1. The minimum Gasteiger partial charge on any atom is -0.384 e. The molecule has 2 heterocycles. The molecule has 0 fully saturated rings. The number of nitrogens with two attached hydrogens (primary N) is 1. The Hall–Kier alpha value is -2.91. The van der Waals surface area contributed by atoms with E-state index in [1.54, 1.807) is 31.4 Å². The number of methoxy groups -OCH3 is 1. The van der Waals surface area contributed by atoms with Crippen molar-refractivity contribution in [2.45, 2.75) is 31.6 Å². The molecular formula is C24H28N5O4PS. The van der Waals surface area contributed by atoms with Gasteiger partial charge in [0.15, 0.2) is 14.3 Å². The highest BCUT2D eigenvalue weighted by atomic mass is 32.2. The van der Waals surface area contributed by atoms with Gasteiger partial charge in [-0.1, -0.05) is 36.4 Å². The van der Waals surface area contributed by atoms with Crippen molar-refractivity contribution in [1.82, 2.24) is 19.3 Å². The molecule has 2 aromatic heterocycles. The van der Waals surface area contributed by atoms with E-state index in [0.717, 1.165) is 28.7 Å². The molecule has 4 rings (SSSR count). The maximum absolute atomic E-state index is 12.5. The number of hydrogen-bond acceptors (Lipinski definition) is 7. The fourth-order valence-electron chi connectivity index (χ4n) is 4.13. The van der Waals surface area contributed by atoms with Gasteiger partial charge in [0.2, 0.25) is 10.0 Å². The molecule has 0 amide bonds. The van der Waals surface area contributed by atoms with E-state index < -0.39 is 10.0 Å². The first-order chi connectivity index (χ1) is 16.9. The standard InChI is InChI=1S/C24H28N5O4PS/c1-33-15-12-21-28-22-23(18-9-3-4-10-19(18)27-24(22)25)29(21)14-7-6-13-26-35(31,32)16-17-8-2-5-11-20(17)34-30/h2-5,8-11,26H,6-7,12-16H2,1H3,(H2,25,27). The van der Waals surface area contributed by atoms with Crippen LogP contribution >= 0.6 is 8.46 Å². The van der Waals surface area contributed by atoms with Gasteiger partial charge in [-0.2, -0.15) is 0 Å². The third-order valence-corrected chi connectivity index (χ3v) is 7.75. The second-order valence-electron chi connectivity index (χ2n) is 8.21. The van der Waals surface area contributed by atoms with Crippen molar-refractivity contribution in [3.05, 3.63) is 59.9 Å². The number of hydrogen-bond donors (Lipinski definition) is 2. The van der Waals surface area contributed by atoms with Crippen LogP contribution in [-0.2, 0) is 38.0 Å². The number of nitrogens with one attached hydrogen (secondary N) is 1. The second kappa shape index (κ2) is 11.2. The molecule has 4 aromatic rings. The minimum absolute atomic E-state index is 0.192. The Morgan fingerprint density at radius 1 is 1.09 bits per heavy atom. The highest BCUT2D eigenvalue weighted by molar-refractivity contribution is 7.88. The molecule has 0 aliphatic carbocycles. The molecule has 0 saturated carbocycles. The lowest BCUT2D eigenvalue weighted by Crippen LogP contribution is -2.27. The average Bonchev–Trinajstić information content (AvgIpc) is 3.22. The summed E-state index contributed by atoms with van der Waals surface area (Å²) in [4.78, 5) is 9.25. The van der Waals surface area contributed by atoms with Gasteiger partial charge in [0.1, 0.15) is 11.3 Å². The van der Waals surface area contributed by atoms with Crippen LogP contribution < -0.4 is 15.8 Å². The Kier molecular flexibility index (Phi) is 8.07. The number of aromatic nitrogens is 3. The molecule has 0 atom stereocenters. The van der Waals surface area contributed by atoms with Crippen LogP contribution in [0.2, 0.25) is 0 Å². The van der Waals surface area contributed by atoms with Gasteiger partial charge in [0, 0.05) is 37.3 Å². The maximum atomic E-state index is 12.5. The Morgan fingerprint density at radius 3 is 2.66 bits per heavy atom. The summed E-state index contributed by atoms with van der Waals surface area (Å²) in [6.07, 6.45) is 2.01. The van der Waals surface area contributed by atoms with E-state index in [1.807, 2.05) is 24.3 Å². The zero-order valence-electron chi connectivity index (χ0n) is 19.5. The first-order valence-electron chi connectivity index (χ1n) is 11.3. The van der Waals surface area contributed by atoms with Crippen molar-refractivity contribution in [1.29, 1.82) is 0 Å². The Morgan fingerprint density at radius 2 is 1.86 bits per heavy atom. The number of imidazole rings is 1. The number of nitrogens with zero attached hydrogens (tertiary/aromatic N) is 3. The lowest BCUT2D eigenvalue weighted by atomic mass is 10.2. The van der Waals surface area contributed by atoms with Crippen LogP contribution in [0.15, 0.2) is 48.5 Å². The number of nitrogen functional groups attached to an aromatic ring is 1.